The van der Waals surface area contributed by atoms with Crippen LogP contribution in [-0.4, -0.2) is 10.8 Å². The summed E-state index contributed by atoms with van der Waals surface area (Å²) < 4.78 is 5.89. The van der Waals surface area contributed by atoms with Gasteiger partial charge in [-0.25, -0.2) is 0 Å². The lowest BCUT2D eigenvalue weighted by Gasteiger charge is -2.25. The molecule has 3 heterocycles. The molecule has 7 nitrogen and oxygen atoms in total. The number of fused-ring (bicyclic) bond motifs is 3. The summed E-state index contributed by atoms with van der Waals surface area (Å²) in [6.45, 7) is 0. The van der Waals surface area contributed by atoms with Crippen molar-refractivity contribution in [1.82, 2.24) is 5.32 Å². The maximum atomic E-state index is 12.7. The number of para-hydroxylation sites is 1. The van der Waals surface area contributed by atoms with E-state index in [9.17, 15) is 14.9 Å². The number of anilines is 1. The van der Waals surface area contributed by atoms with Gasteiger partial charge in [-0.15, -0.1) is 11.3 Å². The van der Waals surface area contributed by atoms with Crippen LogP contribution in [-0.2, 0) is 12.8 Å². The zero-order valence-electron chi connectivity index (χ0n) is 14.9. The maximum Gasteiger partial charge on any atom is 0.280 e. The summed E-state index contributed by atoms with van der Waals surface area (Å²) >= 11 is 1.65. The van der Waals surface area contributed by atoms with Crippen molar-refractivity contribution in [3.8, 4) is 11.3 Å². The van der Waals surface area contributed by atoms with Crippen molar-refractivity contribution >= 4 is 27.9 Å². The number of amides is 1. The normalized spacial score (nSPS) is 18.0. The highest BCUT2D eigenvalue weighted by Gasteiger charge is 2.33. The monoisotopic (exact) mass is 395 g/mol. The van der Waals surface area contributed by atoms with Gasteiger partial charge >= 0.3 is 0 Å². The Balaban J connectivity index is 1.47. The van der Waals surface area contributed by atoms with Gasteiger partial charge < -0.3 is 15.1 Å². The standard InChI is InChI=1S/C20H17N3O4S/c24-19-17-12-6-2-4-8-16(12)28-20(17)22-18(21-19)15-10-9-14(27-15)11-5-1-3-7-13(11)23(25)26/h1,3,5,7,9-10,18,22H,2,4,6,8H2,(H,21,24). The second-order valence-corrected chi connectivity index (χ2v) is 8.05. The van der Waals surface area contributed by atoms with Crippen LogP contribution >= 0.6 is 11.3 Å². The van der Waals surface area contributed by atoms with Crippen molar-refractivity contribution in [3.05, 3.63) is 68.3 Å². The minimum absolute atomic E-state index is 0.0164. The topological polar surface area (TPSA) is 97.4 Å². The molecule has 1 unspecified atom stereocenters. The lowest BCUT2D eigenvalue weighted by Crippen LogP contribution is -2.38. The summed E-state index contributed by atoms with van der Waals surface area (Å²) in [6.07, 6.45) is 3.74. The van der Waals surface area contributed by atoms with E-state index in [0.717, 1.165) is 36.2 Å². The Hall–Kier alpha value is -3.13. The molecule has 0 radical (unpaired) electrons. The highest BCUT2D eigenvalue weighted by Crippen LogP contribution is 2.42. The molecule has 1 amide bonds. The molecule has 1 aliphatic carbocycles. The number of nitro benzene ring substituents is 1. The summed E-state index contributed by atoms with van der Waals surface area (Å²) in [4.78, 5) is 24.9. The molecule has 0 saturated carbocycles. The lowest BCUT2D eigenvalue weighted by molar-refractivity contribution is -0.384. The maximum absolute atomic E-state index is 12.7. The summed E-state index contributed by atoms with van der Waals surface area (Å²) in [6, 6.07) is 9.88. The van der Waals surface area contributed by atoms with Crippen LogP contribution in [0.15, 0.2) is 40.8 Å². The number of carbonyl (C=O) groups excluding carboxylic acids is 1. The molecular weight excluding hydrogens is 378 g/mol. The molecule has 5 rings (SSSR count). The van der Waals surface area contributed by atoms with E-state index >= 15 is 0 Å². The van der Waals surface area contributed by atoms with E-state index in [4.69, 9.17) is 4.42 Å². The molecular formula is C20H17N3O4S. The smallest absolute Gasteiger partial charge is 0.280 e. The van der Waals surface area contributed by atoms with Crippen LogP contribution in [0.3, 0.4) is 0 Å². The number of nitrogens with one attached hydrogen (secondary N) is 2. The van der Waals surface area contributed by atoms with Gasteiger partial charge in [0.05, 0.1) is 16.1 Å². The molecule has 2 aliphatic rings. The number of aryl methyl sites for hydroxylation is 1. The van der Waals surface area contributed by atoms with Crippen LogP contribution < -0.4 is 10.6 Å². The Labute approximate surface area is 164 Å². The van der Waals surface area contributed by atoms with Gasteiger partial charge in [-0.3, -0.25) is 14.9 Å². The van der Waals surface area contributed by atoms with Gasteiger partial charge in [0, 0.05) is 10.9 Å². The van der Waals surface area contributed by atoms with E-state index in [1.807, 2.05) is 0 Å². The molecule has 142 valence electrons. The Bertz CT molecular complexity index is 1100. The van der Waals surface area contributed by atoms with Crippen molar-refractivity contribution in [2.45, 2.75) is 31.8 Å². The van der Waals surface area contributed by atoms with Gasteiger partial charge in [0.25, 0.3) is 11.6 Å². The van der Waals surface area contributed by atoms with E-state index in [0.29, 0.717) is 17.1 Å². The number of carbonyl (C=O) groups is 1. The molecule has 2 N–H and O–H groups in total. The Kier molecular flexibility index (Phi) is 3.94. The molecule has 8 heteroatoms. The highest BCUT2D eigenvalue weighted by molar-refractivity contribution is 7.16. The SMILES string of the molecule is O=C1NC(c2ccc(-c3ccccc3[N+](=O)[O-])o2)Nc2sc3c(c21)CCCC3. The Morgan fingerprint density at radius 2 is 1.93 bits per heavy atom. The van der Waals surface area contributed by atoms with Crippen LogP contribution in [0.25, 0.3) is 11.3 Å². The largest absolute Gasteiger partial charge is 0.457 e. The average molecular weight is 395 g/mol. The third kappa shape index (κ3) is 2.68. The number of nitrogens with zero attached hydrogens (tertiary/aromatic N) is 1. The van der Waals surface area contributed by atoms with Crippen LogP contribution in [0.1, 0.15) is 45.6 Å². The highest BCUT2D eigenvalue weighted by atomic mass is 32.1. The van der Waals surface area contributed by atoms with Gasteiger partial charge in [0.2, 0.25) is 0 Å². The van der Waals surface area contributed by atoms with Gasteiger partial charge in [0.1, 0.15) is 16.5 Å². The van der Waals surface area contributed by atoms with Crippen LogP contribution in [0.2, 0.25) is 0 Å². The zero-order chi connectivity index (χ0) is 19.3. The van der Waals surface area contributed by atoms with Crippen LogP contribution in [0.4, 0.5) is 10.7 Å². The third-order valence-corrected chi connectivity index (χ3v) is 6.45. The minimum atomic E-state index is -0.503. The molecule has 1 atom stereocenters. The predicted octanol–water partition coefficient (Wildman–Crippen LogP) is 4.65. The van der Waals surface area contributed by atoms with Gasteiger partial charge in [-0.05, 0) is 49.4 Å². The van der Waals surface area contributed by atoms with Crippen LogP contribution in [0.5, 0.6) is 0 Å². The number of hydrogen-bond acceptors (Lipinski definition) is 6. The number of rotatable bonds is 3. The summed E-state index contributed by atoms with van der Waals surface area (Å²) in [5.41, 5.74) is 2.33. The van der Waals surface area contributed by atoms with Crippen molar-refractivity contribution in [2.75, 3.05) is 5.32 Å². The van der Waals surface area contributed by atoms with Gasteiger partial charge in [-0.1, -0.05) is 12.1 Å². The fraction of sp³-hybridized carbons (Fsp3) is 0.250. The number of thiophene rings is 1. The average Bonchev–Trinajstić information content (AvgIpc) is 3.32. The van der Waals surface area contributed by atoms with E-state index in [1.54, 1.807) is 41.7 Å². The van der Waals surface area contributed by atoms with E-state index in [2.05, 4.69) is 10.6 Å². The molecule has 28 heavy (non-hydrogen) atoms. The molecule has 0 bridgehead atoms. The number of benzene rings is 1. The first-order valence-corrected chi connectivity index (χ1v) is 9.99. The van der Waals surface area contributed by atoms with Crippen molar-refractivity contribution in [2.24, 2.45) is 0 Å². The fourth-order valence-corrected chi connectivity index (χ4v) is 5.23. The second-order valence-electron chi connectivity index (χ2n) is 6.94. The van der Waals surface area contributed by atoms with Crippen molar-refractivity contribution in [3.63, 3.8) is 0 Å². The third-order valence-electron chi connectivity index (χ3n) is 5.23. The predicted molar refractivity (Wildman–Crippen MR) is 106 cm³/mol. The van der Waals surface area contributed by atoms with Gasteiger partial charge in [-0.2, -0.15) is 0 Å². The molecule has 0 fully saturated rings. The van der Waals surface area contributed by atoms with Gasteiger partial charge in [0.15, 0.2) is 6.17 Å². The van der Waals surface area contributed by atoms with E-state index in [-0.39, 0.29) is 11.6 Å². The first-order valence-electron chi connectivity index (χ1n) is 9.17. The van der Waals surface area contributed by atoms with E-state index in [1.165, 1.54) is 16.5 Å². The summed E-state index contributed by atoms with van der Waals surface area (Å²) in [5, 5.41) is 18.5. The van der Waals surface area contributed by atoms with Crippen molar-refractivity contribution < 1.29 is 14.1 Å². The number of hydrogen-bond donors (Lipinski definition) is 2. The number of furan rings is 1. The molecule has 1 aromatic carbocycles. The number of nitro groups is 1. The summed E-state index contributed by atoms with van der Waals surface area (Å²) in [5.74, 6) is 0.815. The first-order chi connectivity index (χ1) is 13.6. The van der Waals surface area contributed by atoms with E-state index < -0.39 is 11.1 Å². The quantitative estimate of drug-likeness (QED) is 0.497. The Morgan fingerprint density at radius 1 is 1.11 bits per heavy atom. The molecule has 0 spiro atoms. The second kappa shape index (κ2) is 6.49. The first kappa shape index (κ1) is 17.0. The minimum Gasteiger partial charge on any atom is -0.457 e. The van der Waals surface area contributed by atoms with Crippen LogP contribution in [0, 0.1) is 10.1 Å². The Morgan fingerprint density at radius 3 is 2.79 bits per heavy atom. The molecule has 0 saturated heterocycles. The van der Waals surface area contributed by atoms with Crippen molar-refractivity contribution in [1.29, 1.82) is 0 Å². The molecule has 3 aromatic rings. The fourth-order valence-electron chi connectivity index (χ4n) is 3.91. The summed E-state index contributed by atoms with van der Waals surface area (Å²) in [7, 11) is 0. The lowest BCUT2D eigenvalue weighted by atomic mass is 9.94. The molecule has 1 aliphatic heterocycles. The zero-order valence-corrected chi connectivity index (χ0v) is 15.7. The molecule has 2 aromatic heterocycles.